The lowest BCUT2D eigenvalue weighted by molar-refractivity contribution is 0.0694. The van der Waals surface area contributed by atoms with Crippen LogP contribution in [0.1, 0.15) is 21.5 Å². The molecule has 0 unspecified atom stereocenters. The third kappa shape index (κ3) is 3.75. The van der Waals surface area contributed by atoms with Gasteiger partial charge in [-0.1, -0.05) is 54.1 Å². The van der Waals surface area contributed by atoms with Crippen LogP contribution in [0.2, 0.25) is 5.02 Å². The summed E-state index contributed by atoms with van der Waals surface area (Å²) in [5, 5.41) is 12.8. The molecule has 0 fully saturated rings. The number of carboxylic acids is 1. The highest BCUT2D eigenvalue weighted by Crippen LogP contribution is 2.27. The first kappa shape index (κ1) is 17.7. The van der Waals surface area contributed by atoms with E-state index >= 15 is 0 Å². The number of nitrogens with one attached hydrogen (secondary N) is 1. The molecule has 0 aliphatic heterocycles. The minimum atomic E-state index is -1.32. The Morgan fingerprint density at radius 2 is 1.92 bits per heavy atom. The Morgan fingerprint density at radius 1 is 1.19 bits per heavy atom. The quantitative estimate of drug-likeness (QED) is 0.716. The van der Waals surface area contributed by atoms with Gasteiger partial charge in [-0.25, -0.2) is 4.79 Å². The average molecular weight is 370 g/mol. The molecule has 0 atom stereocenters. The number of hydrogen-bond donors (Lipinski definition) is 2. The van der Waals surface area contributed by atoms with E-state index in [0.717, 1.165) is 11.1 Å². The molecule has 2 N–H and O–H groups in total. The molecule has 0 saturated carbocycles. The summed E-state index contributed by atoms with van der Waals surface area (Å²) in [6.45, 7) is 2.21. The Hall–Kier alpha value is -3.12. The smallest absolute Gasteiger partial charge is 0.342 e. The van der Waals surface area contributed by atoms with Crippen molar-refractivity contribution in [2.24, 2.45) is 0 Å². The molecule has 26 heavy (non-hydrogen) atoms. The van der Waals surface area contributed by atoms with E-state index in [2.05, 4.69) is 10.3 Å². The van der Waals surface area contributed by atoms with Crippen LogP contribution in [-0.4, -0.2) is 20.6 Å². The molecule has 1 aromatic heterocycles. The monoisotopic (exact) mass is 369 g/mol. The van der Waals surface area contributed by atoms with Crippen molar-refractivity contribution >= 4 is 29.2 Å². The second kappa shape index (κ2) is 7.41. The summed E-state index contributed by atoms with van der Waals surface area (Å²) in [6, 6.07) is 14.9. The van der Waals surface area contributed by atoms with Gasteiger partial charge in [0.15, 0.2) is 0 Å². The highest BCUT2D eigenvalue weighted by atomic mass is 35.5. The van der Waals surface area contributed by atoms with Gasteiger partial charge in [0.2, 0.25) is 5.95 Å². The standard InChI is InChI=1S/C19H16ClN3O3/c1-12-6-5-9-15(16(12)20)21-19-22-17(24)14(18(25)26)11-23(19)10-13-7-3-2-4-8-13/h2-9,11H,10H2,1H3,(H,25,26)(H,21,22,24). The van der Waals surface area contributed by atoms with Crippen LogP contribution in [0, 0.1) is 6.92 Å². The number of aromatic nitrogens is 2. The van der Waals surface area contributed by atoms with Crippen molar-refractivity contribution in [2.45, 2.75) is 13.5 Å². The van der Waals surface area contributed by atoms with Crippen LogP contribution in [0.15, 0.2) is 59.5 Å². The second-order valence-electron chi connectivity index (χ2n) is 5.76. The molecule has 0 aliphatic rings. The Labute approximate surface area is 154 Å². The number of rotatable bonds is 5. The maximum absolute atomic E-state index is 12.0. The molecule has 0 bridgehead atoms. The van der Waals surface area contributed by atoms with E-state index in [4.69, 9.17) is 11.6 Å². The molecule has 6 nitrogen and oxygen atoms in total. The van der Waals surface area contributed by atoms with Crippen molar-refractivity contribution in [1.82, 2.24) is 9.55 Å². The molecule has 0 aliphatic carbocycles. The summed E-state index contributed by atoms with van der Waals surface area (Å²) in [5.41, 5.74) is 1.20. The summed E-state index contributed by atoms with van der Waals surface area (Å²) in [6.07, 6.45) is 1.29. The van der Waals surface area contributed by atoms with E-state index in [1.165, 1.54) is 6.20 Å². The summed E-state index contributed by atoms with van der Waals surface area (Å²) in [7, 11) is 0. The van der Waals surface area contributed by atoms with Crippen molar-refractivity contribution in [3.63, 3.8) is 0 Å². The molecule has 132 valence electrons. The van der Waals surface area contributed by atoms with Crippen LogP contribution in [0.4, 0.5) is 11.6 Å². The van der Waals surface area contributed by atoms with Crippen molar-refractivity contribution in [1.29, 1.82) is 0 Å². The number of nitrogens with zero attached hydrogens (tertiary/aromatic N) is 2. The summed E-state index contributed by atoms with van der Waals surface area (Å²) in [5.74, 6) is -1.10. The first-order valence-corrected chi connectivity index (χ1v) is 8.24. The number of carboxylic acid groups (broad SMARTS) is 1. The zero-order valence-corrected chi connectivity index (χ0v) is 14.7. The predicted octanol–water partition coefficient (Wildman–Crippen LogP) is 3.70. The summed E-state index contributed by atoms with van der Waals surface area (Å²) >= 11 is 6.31. The maximum atomic E-state index is 12.0. The fourth-order valence-electron chi connectivity index (χ4n) is 2.50. The summed E-state index contributed by atoms with van der Waals surface area (Å²) in [4.78, 5) is 27.3. The number of anilines is 2. The molecule has 0 radical (unpaired) electrons. The van der Waals surface area contributed by atoms with Crippen molar-refractivity contribution in [2.75, 3.05) is 5.32 Å². The molecule has 7 heteroatoms. The van der Waals surface area contributed by atoms with Crippen LogP contribution >= 0.6 is 11.6 Å². The fourth-order valence-corrected chi connectivity index (χ4v) is 2.68. The minimum absolute atomic E-state index is 0.219. The third-order valence-corrected chi connectivity index (χ3v) is 4.36. The number of aromatic carboxylic acids is 1. The normalized spacial score (nSPS) is 10.5. The molecule has 3 aromatic rings. The summed E-state index contributed by atoms with van der Waals surface area (Å²) < 4.78 is 1.58. The molecule has 0 saturated heterocycles. The number of hydrogen-bond acceptors (Lipinski definition) is 4. The van der Waals surface area contributed by atoms with Crippen LogP contribution in [0.5, 0.6) is 0 Å². The van der Waals surface area contributed by atoms with Gasteiger partial charge in [0.25, 0.3) is 5.56 Å². The van der Waals surface area contributed by atoms with Gasteiger partial charge in [0.1, 0.15) is 5.56 Å². The lowest BCUT2D eigenvalue weighted by atomic mass is 10.2. The van der Waals surface area contributed by atoms with E-state index in [9.17, 15) is 14.7 Å². The molecule has 1 heterocycles. The SMILES string of the molecule is Cc1cccc(Nc2nc(=O)c(C(=O)O)cn2Cc2ccccc2)c1Cl. The Kier molecular flexibility index (Phi) is 5.04. The highest BCUT2D eigenvalue weighted by molar-refractivity contribution is 6.34. The minimum Gasteiger partial charge on any atom is -0.477 e. The van der Waals surface area contributed by atoms with Gasteiger partial charge in [-0.15, -0.1) is 0 Å². The van der Waals surface area contributed by atoms with Gasteiger partial charge in [-0.05, 0) is 24.1 Å². The van der Waals surface area contributed by atoms with Gasteiger partial charge in [-0.2, -0.15) is 4.98 Å². The van der Waals surface area contributed by atoms with Crippen LogP contribution in [0.25, 0.3) is 0 Å². The van der Waals surface area contributed by atoms with Gasteiger partial charge in [-0.3, -0.25) is 4.79 Å². The zero-order chi connectivity index (χ0) is 18.7. The molecular weight excluding hydrogens is 354 g/mol. The number of benzene rings is 2. The highest BCUT2D eigenvalue weighted by Gasteiger charge is 2.15. The molecule has 0 spiro atoms. The lowest BCUT2D eigenvalue weighted by Crippen LogP contribution is -2.23. The van der Waals surface area contributed by atoms with Crippen LogP contribution in [-0.2, 0) is 6.54 Å². The Balaban J connectivity index is 2.07. The van der Waals surface area contributed by atoms with Gasteiger partial charge in [0, 0.05) is 6.20 Å². The number of carbonyl (C=O) groups is 1. The fraction of sp³-hybridized carbons (Fsp3) is 0.105. The maximum Gasteiger partial charge on any atom is 0.342 e. The topological polar surface area (TPSA) is 84.2 Å². The lowest BCUT2D eigenvalue weighted by Gasteiger charge is -2.16. The van der Waals surface area contributed by atoms with Crippen molar-refractivity contribution < 1.29 is 9.90 Å². The first-order chi connectivity index (χ1) is 12.5. The van der Waals surface area contributed by atoms with Crippen LogP contribution < -0.4 is 10.9 Å². The predicted molar refractivity (Wildman–Crippen MR) is 100 cm³/mol. The van der Waals surface area contributed by atoms with Crippen molar-refractivity contribution in [3.8, 4) is 0 Å². The van der Waals surface area contributed by atoms with E-state index in [1.54, 1.807) is 10.6 Å². The second-order valence-corrected chi connectivity index (χ2v) is 6.14. The average Bonchev–Trinajstić information content (AvgIpc) is 2.61. The van der Waals surface area contributed by atoms with E-state index in [1.807, 2.05) is 49.4 Å². The van der Waals surface area contributed by atoms with Crippen molar-refractivity contribution in [3.05, 3.63) is 86.8 Å². The van der Waals surface area contributed by atoms with Gasteiger partial charge in [0.05, 0.1) is 17.3 Å². The first-order valence-electron chi connectivity index (χ1n) is 7.86. The number of aryl methyl sites for hydroxylation is 1. The van der Waals surface area contributed by atoms with Crippen LogP contribution in [0.3, 0.4) is 0 Å². The van der Waals surface area contributed by atoms with Gasteiger partial charge < -0.3 is 15.0 Å². The third-order valence-electron chi connectivity index (χ3n) is 3.86. The molecular formula is C19H16ClN3O3. The van der Waals surface area contributed by atoms with Gasteiger partial charge >= 0.3 is 5.97 Å². The molecule has 3 rings (SSSR count). The largest absolute Gasteiger partial charge is 0.477 e. The Morgan fingerprint density at radius 3 is 2.62 bits per heavy atom. The molecule has 2 aromatic carbocycles. The number of halogens is 1. The Bertz CT molecular complexity index is 1020. The van der Waals surface area contributed by atoms with E-state index < -0.39 is 11.5 Å². The molecule has 0 amide bonds. The zero-order valence-electron chi connectivity index (χ0n) is 13.9. The van der Waals surface area contributed by atoms with E-state index in [0.29, 0.717) is 17.3 Å². The van der Waals surface area contributed by atoms with E-state index in [-0.39, 0.29) is 11.5 Å².